The molecule has 0 aliphatic carbocycles. The number of ether oxygens (including phenoxy) is 2. The van der Waals surface area contributed by atoms with Gasteiger partial charge in [0.2, 0.25) is 5.91 Å². The van der Waals surface area contributed by atoms with Crippen molar-refractivity contribution in [3.8, 4) is 28.6 Å². The van der Waals surface area contributed by atoms with Crippen molar-refractivity contribution in [3.05, 3.63) is 48.5 Å². The molecule has 5 rings (SSSR count). The molecule has 1 fully saturated rings. The van der Waals surface area contributed by atoms with Gasteiger partial charge in [0.15, 0.2) is 22.5 Å². The molecule has 2 aromatic carbocycles. The first-order chi connectivity index (χ1) is 15.3. The topological polar surface area (TPSA) is 69.5 Å². The number of nitrogens with zero attached hydrogens (tertiary/aromatic N) is 4. The molecule has 0 radical (unpaired) electrons. The van der Waals surface area contributed by atoms with Gasteiger partial charge in [0.25, 0.3) is 0 Å². The van der Waals surface area contributed by atoms with E-state index in [1.165, 1.54) is 11.8 Å². The zero-order chi connectivity index (χ0) is 21.0. The molecule has 3 heterocycles. The number of likely N-dealkylation sites (tertiary alicyclic amines) is 1. The van der Waals surface area contributed by atoms with E-state index in [0.717, 1.165) is 55.1 Å². The molecule has 1 amide bonds. The molecule has 7 nitrogen and oxygen atoms in total. The number of para-hydroxylation sites is 1. The van der Waals surface area contributed by atoms with Gasteiger partial charge >= 0.3 is 0 Å². The highest BCUT2D eigenvalue weighted by molar-refractivity contribution is 7.99. The van der Waals surface area contributed by atoms with Crippen LogP contribution >= 0.6 is 11.8 Å². The number of hydrogen-bond acceptors (Lipinski definition) is 6. The Balaban J connectivity index is 1.48. The molecule has 160 valence electrons. The minimum Gasteiger partial charge on any atom is -0.490 e. The summed E-state index contributed by atoms with van der Waals surface area (Å²) in [4.78, 5) is 14.5. The molecule has 3 aromatic rings. The number of carbonyl (C=O) groups is 1. The lowest BCUT2D eigenvalue weighted by molar-refractivity contribution is -0.127. The van der Waals surface area contributed by atoms with Crippen LogP contribution in [0.2, 0.25) is 0 Å². The second kappa shape index (κ2) is 9.01. The quantitative estimate of drug-likeness (QED) is 0.567. The number of fused-ring (bicyclic) bond motifs is 1. The van der Waals surface area contributed by atoms with Gasteiger partial charge in [0.1, 0.15) is 0 Å². The van der Waals surface area contributed by atoms with E-state index in [-0.39, 0.29) is 5.91 Å². The molecular weight excluding hydrogens is 412 g/mol. The van der Waals surface area contributed by atoms with Gasteiger partial charge in [-0.25, -0.2) is 0 Å². The Morgan fingerprint density at radius 3 is 2.52 bits per heavy atom. The fourth-order valence-corrected chi connectivity index (χ4v) is 4.70. The summed E-state index contributed by atoms with van der Waals surface area (Å²) in [7, 11) is 0. The summed E-state index contributed by atoms with van der Waals surface area (Å²) in [5, 5.41) is 9.61. The molecule has 2 aliphatic heterocycles. The van der Waals surface area contributed by atoms with Crippen molar-refractivity contribution in [2.24, 2.45) is 0 Å². The Labute approximate surface area is 185 Å². The first-order valence-electron chi connectivity index (χ1n) is 10.6. The van der Waals surface area contributed by atoms with Gasteiger partial charge in [-0.05, 0) is 43.2 Å². The second-order valence-corrected chi connectivity index (χ2v) is 8.51. The molecule has 0 atom stereocenters. The van der Waals surface area contributed by atoms with Crippen molar-refractivity contribution in [2.45, 2.75) is 24.4 Å². The molecule has 0 unspecified atom stereocenters. The molecule has 0 saturated carbocycles. The highest BCUT2D eigenvalue weighted by Crippen LogP contribution is 2.35. The Morgan fingerprint density at radius 1 is 0.935 bits per heavy atom. The molecule has 0 spiro atoms. The lowest BCUT2D eigenvalue weighted by atomic mass is 10.2. The van der Waals surface area contributed by atoms with Crippen LogP contribution in [0.1, 0.15) is 19.3 Å². The SMILES string of the molecule is O=C(CSc1nnc(-c2ccc3c(c2)OCCCO3)n1-c1ccccc1)N1CCCC1. The van der Waals surface area contributed by atoms with Crippen molar-refractivity contribution in [2.75, 3.05) is 32.1 Å². The van der Waals surface area contributed by atoms with Crippen molar-refractivity contribution < 1.29 is 14.3 Å². The summed E-state index contributed by atoms with van der Waals surface area (Å²) in [6.07, 6.45) is 3.03. The fraction of sp³-hybridized carbons (Fsp3) is 0.348. The third-order valence-corrected chi connectivity index (χ3v) is 6.35. The highest BCUT2D eigenvalue weighted by Gasteiger charge is 2.22. The smallest absolute Gasteiger partial charge is 0.233 e. The third-order valence-electron chi connectivity index (χ3n) is 5.44. The first kappa shape index (κ1) is 19.9. The molecule has 0 N–H and O–H groups in total. The van der Waals surface area contributed by atoms with E-state index >= 15 is 0 Å². The summed E-state index contributed by atoms with van der Waals surface area (Å²) in [6.45, 7) is 2.99. The number of carbonyl (C=O) groups excluding carboxylic acids is 1. The predicted molar refractivity (Wildman–Crippen MR) is 119 cm³/mol. The van der Waals surface area contributed by atoms with E-state index < -0.39 is 0 Å². The number of hydrogen-bond donors (Lipinski definition) is 0. The Kier molecular flexibility index (Phi) is 5.80. The molecule has 1 aromatic heterocycles. The van der Waals surface area contributed by atoms with Gasteiger partial charge in [-0.15, -0.1) is 10.2 Å². The van der Waals surface area contributed by atoms with Gasteiger partial charge in [-0.3, -0.25) is 9.36 Å². The van der Waals surface area contributed by atoms with E-state index in [9.17, 15) is 4.79 Å². The summed E-state index contributed by atoms with van der Waals surface area (Å²) in [6, 6.07) is 15.8. The van der Waals surface area contributed by atoms with Crippen molar-refractivity contribution >= 4 is 17.7 Å². The van der Waals surface area contributed by atoms with Crippen molar-refractivity contribution in [3.63, 3.8) is 0 Å². The maximum Gasteiger partial charge on any atom is 0.233 e. The number of benzene rings is 2. The van der Waals surface area contributed by atoms with Crippen LogP contribution in [0, 0.1) is 0 Å². The van der Waals surface area contributed by atoms with Gasteiger partial charge in [-0.2, -0.15) is 0 Å². The van der Waals surface area contributed by atoms with E-state index in [0.29, 0.717) is 29.9 Å². The monoisotopic (exact) mass is 436 g/mol. The van der Waals surface area contributed by atoms with Crippen molar-refractivity contribution in [1.29, 1.82) is 0 Å². The maximum absolute atomic E-state index is 12.6. The molecule has 0 bridgehead atoms. The third kappa shape index (κ3) is 4.25. The molecule has 1 saturated heterocycles. The number of rotatable bonds is 5. The molecule has 31 heavy (non-hydrogen) atoms. The van der Waals surface area contributed by atoms with Crippen LogP contribution in [0.5, 0.6) is 11.5 Å². The summed E-state index contributed by atoms with van der Waals surface area (Å²) >= 11 is 1.43. The van der Waals surface area contributed by atoms with Gasteiger partial charge < -0.3 is 14.4 Å². The van der Waals surface area contributed by atoms with E-state index in [4.69, 9.17) is 9.47 Å². The molecule has 2 aliphatic rings. The normalized spacial score (nSPS) is 15.7. The standard InChI is InChI=1S/C23H24N4O3S/c28-21(26-11-4-5-12-26)16-31-23-25-24-22(27(23)18-7-2-1-3-8-18)17-9-10-19-20(15-17)30-14-6-13-29-19/h1-3,7-10,15H,4-6,11-14,16H2. The maximum atomic E-state index is 12.6. The zero-order valence-electron chi connectivity index (χ0n) is 17.2. The van der Waals surface area contributed by atoms with Crippen LogP contribution < -0.4 is 9.47 Å². The van der Waals surface area contributed by atoms with Crippen LogP contribution in [-0.2, 0) is 4.79 Å². The Hall–Kier alpha value is -3.00. The largest absolute Gasteiger partial charge is 0.490 e. The lowest BCUT2D eigenvalue weighted by Gasteiger charge is -2.15. The van der Waals surface area contributed by atoms with E-state index in [1.807, 2.05) is 58.0 Å². The zero-order valence-corrected chi connectivity index (χ0v) is 18.0. The fourth-order valence-electron chi connectivity index (χ4n) is 3.85. The summed E-state index contributed by atoms with van der Waals surface area (Å²) in [5.41, 5.74) is 1.84. The van der Waals surface area contributed by atoms with Crippen LogP contribution in [0.25, 0.3) is 17.1 Å². The van der Waals surface area contributed by atoms with E-state index in [2.05, 4.69) is 10.2 Å². The Bertz CT molecular complexity index is 1060. The number of thioether (sulfide) groups is 1. The minimum absolute atomic E-state index is 0.155. The summed E-state index contributed by atoms with van der Waals surface area (Å²) < 4.78 is 13.6. The average molecular weight is 437 g/mol. The van der Waals surface area contributed by atoms with Crippen LogP contribution in [0.3, 0.4) is 0 Å². The van der Waals surface area contributed by atoms with Crippen LogP contribution in [0.4, 0.5) is 0 Å². The van der Waals surface area contributed by atoms with Gasteiger partial charge in [0, 0.05) is 30.8 Å². The van der Waals surface area contributed by atoms with Crippen molar-refractivity contribution in [1.82, 2.24) is 19.7 Å². The molecular formula is C23H24N4O3S. The Morgan fingerprint density at radius 2 is 1.71 bits per heavy atom. The number of aromatic nitrogens is 3. The predicted octanol–water partition coefficient (Wildman–Crippen LogP) is 3.81. The first-order valence-corrected chi connectivity index (χ1v) is 11.6. The minimum atomic E-state index is 0.155. The lowest BCUT2D eigenvalue weighted by Crippen LogP contribution is -2.29. The van der Waals surface area contributed by atoms with Gasteiger partial charge in [-0.1, -0.05) is 30.0 Å². The highest BCUT2D eigenvalue weighted by atomic mass is 32.2. The van der Waals surface area contributed by atoms with E-state index in [1.54, 1.807) is 0 Å². The second-order valence-electron chi connectivity index (χ2n) is 7.57. The molecule has 8 heteroatoms. The van der Waals surface area contributed by atoms with Gasteiger partial charge in [0.05, 0.1) is 19.0 Å². The number of amides is 1. The van der Waals surface area contributed by atoms with Crippen LogP contribution in [-0.4, -0.2) is 57.6 Å². The summed E-state index contributed by atoms with van der Waals surface area (Å²) in [5.74, 6) is 2.68. The average Bonchev–Trinajstić information content (AvgIpc) is 3.43. The van der Waals surface area contributed by atoms with Crippen LogP contribution in [0.15, 0.2) is 53.7 Å².